The van der Waals surface area contributed by atoms with Crippen molar-refractivity contribution in [3.63, 3.8) is 0 Å². The van der Waals surface area contributed by atoms with Gasteiger partial charge in [0.05, 0.1) is 0 Å². The number of aliphatic hydroxyl groups is 1. The smallest absolute Gasteiger partial charge is 0.158 e. The molecule has 1 fully saturated rings. The van der Waals surface area contributed by atoms with E-state index in [-0.39, 0.29) is 6.61 Å². The molecule has 17 heavy (non-hydrogen) atoms. The van der Waals surface area contributed by atoms with Gasteiger partial charge in [0.15, 0.2) is 5.82 Å². The number of aliphatic hydroxyl groups excluding tert-OH is 1. The summed E-state index contributed by atoms with van der Waals surface area (Å²) in [6.07, 6.45) is 5.04. The summed E-state index contributed by atoms with van der Waals surface area (Å²) in [7, 11) is 0. The Morgan fingerprint density at radius 1 is 1.35 bits per heavy atom. The predicted octanol–water partition coefficient (Wildman–Crippen LogP) is 2.47. The van der Waals surface area contributed by atoms with Crippen molar-refractivity contribution in [1.82, 2.24) is 14.8 Å². The van der Waals surface area contributed by atoms with Crippen LogP contribution in [0.2, 0.25) is 0 Å². The van der Waals surface area contributed by atoms with Gasteiger partial charge in [0.1, 0.15) is 12.4 Å². The summed E-state index contributed by atoms with van der Waals surface area (Å²) in [4.78, 5) is 0. The molecule has 1 atom stereocenters. The van der Waals surface area contributed by atoms with Gasteiger partial charge in [-0.3, -0.25) is 0 Å². The van der Waals surface area contributed by atoms with E-state index in [9.17, 15) is 5.11 Å². The number of nitrogens with zero attached hydrogens (tertiary/aromatic N) is 3. The minimum Gasteiger partial charge on any atom is -0.388 e. The maximum absolute atomic E-state index is 9.27. The lowest BCUT2D eigenvalue weighted by Gasteiger charge is -2.38. The minimum absolute atomic E-state index is 0.0199. The minimum atomic E-state index is -0.0199. The van der Waals surface area contributed by atoms with E-state index in [1.165, 1.54) is 25.7 Å². The molecule has 0 radical (unpaired) electrons. The van der Waals surface area contributed by atoms with Crippen molar-refractivity contribution in [2.24, 2.45) is 5.41 Å². The van der Waals surface area contributed by atoms with E-state index in [4.69, 9.17) is 0 Å². The lowest BCUT2D eigenvalue weighted by atomic mass is 9.68. The fraction of sp³-hybridized carbons (Fsp3) is 0.846. The molecule has 1 heterocycles. The SMILES string of the molecule is CCn1c(CO)nnc1C1CCCCC1(C)C. The van der Waals surface area contributed by atoms with Crippen molar-refractivity contribution in [2.45, 2.75) is 65.5 Å². The zero-order valence-corrected chi connectivity index (χ0v) is 11.1. The molecule has 2 rings (SSSR count). The molecule has 96 valence electrons. The lowest BCUT2D eigenvalue weighted by Crippen LogP contribution is -2.28. The third-order valence-corrected chi connectivity index (χ3v) is 4.13. The van der Waals surface area contributed by atoms with Crippen LogP contribution >= 0.6 is 0 Å². The second-order valence-corrected chi connectivity index (χ2v) is 5.66. The van der Waals surface area contributed by atoms with Gasteiger partial charge in [-0.05, 0) is 25.2 Å². The molecule has 1 aromatic rings. The fourth-order valence-electron chi connectivity index (χ4n) is 3.04. The molecule has 0 aliphatic heterocycles. The van der Waals surface area contributed by atoms with Crippen molar-refractivity contribution in [3.8, 4) is 0 Å². The molecular formula is C13H23N3O. The fourth-order valence-corrected chi connectivity index (χ4v) is 3.04. The third kappa shape index (κ3) is 2.23. The first-order valence-electron chi connectivity index (χ1n) is 6.63. The molecule has 1 N–H and O–H groups in total. The number of hydrogen-bond donors (Lipinski definition) is 1. The van der Waals surface area contributed by atoms with E-state index in [0.717, 1.165) is 12.4 Å². The Labute approximate surface area is 103 Å². The first-order valence-corrected chi connectivity index (χ1v) is 6.63. The summed E-state index contributed by atoms with van der Waals surface area (Å²) in [5, 5.41) is 17.7. The van der Waals surface area contributed by atoms with E-state index in [0.29, 0.717) is 17.2 Å². The van der Waals surface area contributed by atoms with Gasteiger partial charge in [-0.15, -0.1) is 10.2 Å². The summed E-state index contributed by atoms with van der Waals surface area (Å²) < 4.78 is 2.08. The third-order valence-electron chi connectivity index (χ3n) is 4.13. The molecule has 0 amide bonds. The second kappa shape index (κ2) is 4.77. The van der Waals surface area contributed by atoms with E-state index < -0.39 is 0 Å². The largest absolute Gasteiger partial charge is 0.388 e. The van der Waals surface area contributed by atoms with Crippen LogP contribution in [0.5, 0.6) is 0 Å². The molecule has 4 heteroatoms. The van der Waals surface area contributed by atoms with Crippen LogP contribution in [0, 0.1) is 5.41 Å². The van der Waals surface area contributed by atoms with Gasteiger partial charge in [-0.2, -0.15) is 0 Å². The highest BCUT2D eigenvalue weighted by Crippen LogP contribution is 2.46. The van der Waals surface area contributed by atoms with E-state index in [1.807, 2.05) is 0 Å². The van der Waals surface area contributed by atoms with Crippen LogP contribution in [0.4, 0.5) is 0 Å². The second-order valence-electron chi connectivity index (χ2n) is 5.66. The highest BCUT2D eigenvalue weighted by atomic mass is 16.3. The van der Waals surface area contributed by atoms with Gasteiger partial charge in [0.2, 0.25) is 0 Å². The zero-order valence-electron chi connectivity index (χ0n) is 11.1. The average Bonchev–Trinajstić information content (AvgIpc) is 2.70. The quantitative estimate of drug-likeness (QED) is 0.878. The maximum Gasteiger partial charge on any atom is 0.158 e. The highest BCUT2D eigenvalue weighted by molar-refractivity contribution is 5.07. The van der Waals surface area contributed by atoms with Crippen LogP contribution in [-0.2, 0) is 13.2 Å². The first kappa shape index (κ1) is 12.6. The Hall–Kier alpha value is -0.900. The zero-order chi connectivity index (χ0) is 12.5. The van der Waals surface area contributed by atoms with Crippen LogP contribution in [0.25, 0.3) is 0 Å². The van der Waals surface area contributed by atoms with Crippen LogP contribution in [0.1, 0.15) is 64.0 Å². The molecule has 1 aliphatic rings. The van der Waals surface area contributed by atoms with Gasteiger partial charge in [-0.1, -0.05) is 26.7 Å². The number of aromatic nitrogens is 3. The standard InChI is InChI=1S/C13H23N3O/c1-4-16-11(9-17)14-15-12(16)10-7-5-6-8-13(10,2)3/h10,17H,4-9H2,1-3H3. The summed E-state index contributed by atoms with van der Waals surface area (Å²) >= 11 is 0. The molecule has 0 aromatic carbocycles. The maximum atomic E-state index is 9.27. The van der Waals surface area contributed by atoms with Crippen molar-refractivity contribution in [2.75, 3.05) is 0 Å². The molecular weight excluding hydrogens is 214 g/mol. The van der Waals surface area contributed by atoms with Gasteiger partial charge in [0.25, 0.3) is 0 Å². The van der Waals surface area contributed by atoms with Crippen LogP contribution in [-0.4, -0.2) is 19.9 Å². The highest BCUT2D eigenvalue weighted by Gasteiger charge is 2.36. The number of hydrogen-bond acceptors (Lipinski definition) is 3. The van der Waals surface area contributed by atoms with Gasteiger partial charge in [0, 0.05) is 12.5 Å². The molecule has 0 spiro atoms. The normalized spacial score (nSPS) is 23.9. The molecule has 1 aliphatic carbocycles. The average molecular weight is 237 g/mol. The van der Waals surface area contributed by atoms with Crippen LogP contribution < -0.4 is 0 Å². The van der Waals surface area contributed by atoms with Gasteiger partial charge >= 0.3 is 0 Å². The Bertz CT molecular complexity index is 384. The van der Waals surface area contributed by atoms with E-state index in [2.05, 4.69) is 35.5 Å². The van der Waals surface area contributed by atoms with Crippen molar-refractivity contribution >= 4 is 0 Å². The van der Waals surface area contributed by atoms with E-state index >= 15 is 0 Å². The molecule has 0 saturated heterocycles. The van der Waals surface area contributed by atoms with Gasteiger partial charge in [-0.25, -0.2) is 0 Å². The summed E-state index contributed by atoms with van der Waals surface area (Å²) in [6.45, 7) is 7.55. The summed E-state index contributed by atoms with van der Waals surface area (Å²) in [6, 6.07) is 0. The lowest BCUT2D eigenvalue weighted by molar-refractivity contribution is 0.187. The van der Waals surface area contributed by atoms with Gasteiger partial charge < -0.3 is 9.67 Å². The molecule has 1 unspecified atom stereocenters. The van der Waals surface area contributed by atoms with Crippen molar-refractivity contribution < 1.29 is 5.11 Å². The number of rotatable bonds is 3. The Morgan fingerprint density at radius 3 is 2.71 bits per heavy atom. The Morgan fingerprint density at radius 2 is 2.12 bits per heavy atom. The molecule has 0 bridgehead atoms. The Kier molecular flexibility index (Phi) is 3.52. The Balaban J connectivity index is 2.35. The van der Waals surface area contributed by atoms with Crippen molar-refractivity contribution in [1.29, 1.82) is 0 Å². The summed E-state index contributed by atoms with van der Waals surface area (Å²) in [5.74, 6) is 2.24. The van der Waals surface area contributed by atoms with Crippen molar-refractivity contribution in [3.05, 3.63) is 11.6 Å². The summed E-state index contributed by atoms with van der Waals surface area (Å²) in [5.41, 5.74) is 0.297. The van der Waals surface area contributed by atoms with Crippen LogP contribution in [0.15, 0.2) is 0 Å². The van der Waals surface area contributed by atoms with Crippen LogP contribution in [0.3, 0.4) is 0 Å². The van der Waals surface area contributed by atoms with E-state index in [1.54, 1.807) is 0 Å². The predicted molar refractivity (Wildman–Crippen MR) is 66.6 cm³/mol. The molecule has 1 aromatic heterocycles. The topological polar surface area (TPSA) is 50.9 Å². The molecule has 4 nitrogen and oxygen atoms in total. The first-order chi connectivity index (χ1) is 8.10. The monoisotopic (exact) mass is 237 g/mol. The molecule has 1 saturated carbocycles.